The highest BCUT2D eigenvalue weighted by Gasteiger charge is 2.28. The van der Waals surface area contributed by atoms with Crippen molar-refractivity contribution in [3.8, 4) is 0 Å². The van der Waals surface area contributed by atoms with Crippen LogP contribution in [0.4, 0.5) is 0 Å². The highest BCUT2D eigenvalue weighted by Crippen LogP contribution is 2.21. The van der Waals surface area contributed by atoms with Gasteiger partial charge in [-0.15, -0.1) is 0 Å². The van der Waals surface area contributed by atoms with Crippen molar-refractivity contribution in [1.82, 2.24) is 20.1 Å². The van der Waals surface area contributed by atoms with E-state index < -0.39 is 0 Å². The highest BCUT2D eigenvalue weighted by molar-refractivity contribution is 5.78. The van der Waals surface area contributed by atoms with Gasteiger partial charge in [-0.1, -0.05) is 6.07 Å². The molecule has 1 aromatic heterocycles. The molecule has 0 radical (unpaired) electrons. The summed E-state index contributed by atoms with van der Waals surface area (Å²) in [4.78, 5) is 22.1. The molecular weight excluding hydrogens is 328 g/mol. The van der Waals surface area contributed by atoms with Crippen LogP contribution in [0.3, 0.4) is 0 Å². The van der Waals surface area contributed by atoms with Crippen molar-refractivity contribution in [2.24, 2.45) is 5.92 Å². The molecule has 2 aliphatic rings. The number of carbonyl (C=O) groups is 1. The van der Waals surface area contributed by atoms with E-state index in [9.17, 15) is 4.79 Å². The molecule has 1 aromatic rings. The van der Waals surface area contributed by atoms with Gasteiger partial charge in [-0.25, -0.2) is 0 Å². The fourth-order valence-electron chi connectivity index (χ4n) is 3.90. The van der Waals surface area contributed by atoms with E-state index in [1.807, 2.05) is 24.4 Å². The van der Waals surface area contributed by atoms with E-state index in [-0.39, 0.29) is 17.9 Å². The Morgan fingerprint density at radius 1 is 1.19 bits per heavy atom. The third-order valence-electron chi connectivity index (χ3n) is 5.62. The summed E-state index contributed by atoms with van der Waals surface area (Å²) in [5, 5.41) is 3.21. The quantitative estimate of drug-likeness (QED) is 0.837. The zero-order valence-electron chi connectivity index (χ0n) is 16.1. The molecular formula is C20H32N4O2. The van der Waals surface area contributed by atoms with Crippen LogP contribution in [0.15, 0.2) is 24.4 Å². The first kappa shape index (κ1) is 19.3. The Bertz CT molecular complexity index is 552. The number of aromatic nitrogens is 1. The first-order valence-electron chi connectivity index (χ1n) is 9.89. The lowest BCUT2D eigenvalue weighted by atomic mass is 9.95. The number of pyridine rings is 1. The summed E-state index contributed by atoms with van der Waals surface area (Å²) >= 11 is 0. The number of hydrogen-bond acceptors (Lipinski definition) is 5. The largest absolute Gasteiger partial charge is 0.379 e. The van der Waals surface area contributed by atoms with Gasteiger partial charge < -0.3 is 15.0 Å². The van der Waals surface area contributed by atoms with Crippen LogP contribution in [0.25, 0.3) is 0 Å². The first-order chi connectivity index (χ1) is 12.6. The summed E-state index contributed by atoms with van der Waals surface area (Å²) in [5.41, 5.74) is 1.02. The third kappa shape index (κ3) is 5.02. The molecule has 2 fully saturated rings. The second kappa shape index (κ2) is 9.44. The number of ether oxygens (including phenoxy) is 1. The minimum absolute atomic E-state index is 0.111. The fraction of sp³-hybridized carbons (Fsp3) is 0.700. The van der Waals surface area contributed by atoms with E-state index in [0.29, 0.717) is 12.6 Å². The number of piperidine rings is 1. The molecule has 1 atom stereocenters. The van der Waals surface area contributed by atoms with Gasteiger partial charge in [0.25, 0.3) is 0 Å². The lowest BCUT2D eigenvalue weighted by Crippen LogP contribution is -2.47. The van der Waals surface area contributed by atoms with Crippen LogP contribution in [-0.4, -0.2) is 72.7 Å². The summed E-state index contributed by atoms with van der Waals surface area (Å²) in [6, 6.07) is 6.67. The number of carbonyl (C=O) groups excluding carboxylic acids is 1. The van der Waals surface area contributed by atoms with Crippen LogP contribution >= 0.6 is 0 Å². The molecule has 144 valence electrons. The van der Waals surface area contributed by atoms with Gasteiger partial charge in [0.1, 0.15) is 0 Å². The van der Waals surface area contributed by atoms with Crippen LogP contribution in [0.5, 0.6) is 0 Å². The molecule has 6 nitrogen and oxygen atoms in total. The summed E-state index contributed by atoms with van der Waals surface area (Å²) in [5.74, 6) is 0.335. The van der Waals surface area contributed by atoms with Crippen molar-refractivity contribution in [3.05, 3.63) is 30.1 Å². The van der Waals surface area contributed by atoms with Gasteiger partial charge in [-0.3, -0.25) is 14.7 Å². The van der Waals surface area contributed by atoms with Gasteiger partial charge in [-0.2, -0.15) is 0 Å². The molecule has 0 unspecified atom stereocenters. The molecule has 2 aliphatic heterocycles. The predicted octanol–water partition coefficient (Wildman–Crippen LogP) is 1.69. The minimum Gasteiger partial charge on any atom is -0.379 e. The first-order valence-corrected chi connectivity index (χ1v) is 9.89. The Labute approximate surface area is 156 Å². The predicted molar refractivity (Wildman–Crippen MR) is 102 cm³/mol. The number of likely N-dealkylation sites (tertiary alicyclic amines) is 1. The van der Waals surface area contributed by atoms with Crippen molar-refractivity contribution in [2.75, 3.05) is 45.9 Å². The average molecular weight is 361 g/mol. The van der Waals surface area contributed by atoms with Gasteiger partial charge >= 0.3 is 0 Å². The van der Waals surface area contributed by atoms with Gasteiger partial charge in [0.2, 0.25) is 5.91 Å². The molecule has 0 aliphatic carbocycles. The average Bonchev–Trinajstić information content (AvgIpc) is 2.69. The topological polar surface area (TPSA) is 57.7 Å². The zero-order chi connectivity index (χ0) is 18.4. The summed E-state index contributed by atoms with van der Waals surface area (Å²) in [6.07, 6.45) is 3.73. The van der Waals surface area contributed by atoms with Crippen molar-refractivity contribution in [1.29, 1.82) is 0 Å². The van der Waals surface area contributed by atoms with E-state index in [1.165, 1.54) is 0 Å². The van der Waals surface area contributed by atoms with Crippen LogP contribution < -0.4 is 5.32 Å². The van der Waals surface area contributed by atoms with Crippen molar-refractivity contribution in [3.63, 3.8) is 0 Å². The number of nitrogens with zero attached hydrogens (tertiary/aromatic N) is 3. The summed E-state index contributed by atoms with van der Waals surface area (Å²) < 4.78 is 5.48. The van der Waals surface area contributed by atoms with E-state index in [0.717, 1.165) is 57.9 Å². The van der Waals surface area contributed by atoms with Crippen molar-refractivity contribution >= 4 is 5.91 Å². The van der Waals surface area contributed by atoms with E-state index >= 15 is 0 Å². The van der Waals surface area contributed by atoms with Gasteiger partial charge in [0.05, 0.1) is 24.9 Å². The molecule has 0 aromatic carbocycles. The van der Waals surface area contributed by atoms with Crippen LogP contribution in [0, 0.1) is 5.92 Å². The molecule has 26 heavy (non-hydrogen) atoms. The standard InChI is InChI=1S/C20H32N4O2/c1-16(2)23-9-6-17(7-10-23)20(25)22-15-19(18-5-3-4-8-21-18)24-11-13-26-14-12-24/h3-5,8,16-17,19H,6-7,9-15H2,1-2H3,(H,22,25)/t19-/m1/s1. The van der Waals surface area contributed by atoms with Gasteiger partial charge in [-0.05, 0) is 51.9 Å². The molecule has 6 heteroatoms. The fourth-order valence-corrected chi connectivity index (χ4v) is 3.90. The minimum atomic E-state index is 0.111. The van der Waals surface area contributed by atoms with Crippen LogP contribution in [-0.2, 0) is 9.53 Å². The van der Waals surface area contributed by atoms with Crippen molar-refractivity contribution < 1.29 is 9.53 Å². The second-order valence-corrected chi connectivity index (χ2v) is 7.57. The Balaban J connectivity index is 1.56. The third-order valence-corrected chi connectivity index (χ3v) is 5.62. The zero-order valence-corrected chi connectivity index (χ0v) is 16.1. The summed E-state index contributed by atoms with van der Waals surface area (Å²) in [6.45, 7) is 10.3. The number of nitrogens with one attached hydrogen (secondary N) is 1. The lowest BCUT2D eigenvalue weighted by molar-refractivity contribution is -0.127. The normalized spacial score (nSPS) is 21.7. The molecule has 3 rings (SSSR count). The van der Waals surface area contributed by atoms with Crippen LogP contribution in [0.2, 0.25) is 0 Å². The SMILES string of the molecule is CC(C)N1CCC(C(=O)NC[C@H](c2ccccn2)N2CCOCC2)CC1. The molecule has 0 spiro atoms. The molecule has 3 heterocycles. The number of rotatable bonds is 6. The number of morpholine rings is 1. The second-order valence-electron chi connectivity index (χ2n) is 7.57. The van der Waals surface area contributed by atoms with Gasteiger partial charge in [0.15, 0.2) is 0 Å². The Morgan fingerprint density at radius 2 is 1.92 bits per heavy atom. The monoisotopic (exact) mass is 360 g/mol. The maximum absolute atomic E-state index is 12.7. The molecule has 2 saturated heterocycles. The van der Waals surface area contributed by atoms with E-state index in [1.54, 1.807) is 0 Å². The van der Waals surface area contributed by atoms with Gasteiger partial charge in [0, 0.05) is 37.8 Å². The number of hydrogen-bond donors (Lipinski definition) is 1. The summed E-state index contributed by atoms with van der Waals surface area (Å²) in [7, 11) is 0. The number of amides is 1. The Kier molecular flexibility index (Phi) is 7.00. The lowest BCUT2D eigenvalue weighted by Gasteiger charge is -2.36. The Morgan fingerprint density at radius 3 is 2.54 bits per heavy atom. The maximum Gasteiger partial charge on any atom is 0.223 e. The van der Waals surface area contributed by atoms with Crippen LogP contribution in [0.1, 0.15) is 38.4 Å². The maximum atomic E-state index is 12.7. The smallest absolute Gasteiger partial charge is 0.223 e. The highest BCUT2D eigenvalue weighted by atomic mass is 16.5. The molecule has 0 saturated carbocycles. The Hall–Kier alpha value is -1.50. The van der Waals surface area contributed by atoms with Crippen molar-refractivity contribution in [2.45, 2.75) is 38.8 Å². The van der Waals surface area contributed by atoms with E-state index in [4.69, 9.17) is 4.74 Å². The molecule has 0 bridgehead atoms. The van der Waals surface area contributed by atoms with E-state index in [2.05, 4.69) is 33.9 Å². The molecule has 1 amide bonds. The molecule has 1 N–H and O–H groups in total.